The van der Waals surface area contributed by atoms with Gasteiger partial charge in [-0.05, 0) is 23.1 Å². The Hall–Kier alpha value is -0.740. The van der Waals surface area contributed by atoms with Crippen molar-refractivity contribution in [2.24, 2.45) is 0 Å². The van der Waals surface area contributed by atoms with Gasteiger partial charge >= 0.3 is 0 Å². The maximum absolute atomic E-state index is 2.23. The Labute approximate surface area is 62.4 Å². The summed E-state index contributed by atoms with van der Waals surface area (Å²) in [6, 6.07) is 4.37. The third-order valence-electron chi connectivity index (χ3n) is 1.72. The molecular weight excluding hydrogens is 139 g/mol. The highest BCUT2D eigenvalue weighted by Crippen LogP contribution is 2.29. The van der Waals surface area contributed by atoms with E-state index in [1.54, 1.807) is 0 Å². The third-order valence-corrected chi connectivity index (χ3v) is 2.87. The second-order valence-corrected chi connectivity index (χ2v) is 3.57. The summed E-state index contributed by atoms with van der Waals surface area (Å²) in [6.45, 7) is 0. The van der Waals surface area contributed by atoms with E-state index in [9.17, 15) is 0 Å². The SMILES string of the molecule is C1=CCC(c2ccc[pH]2)=C1. The summed E-state index contributed by atoms with van der Waals surface area (Å²) in [4.78, 5) is 0. The minimum atomic E-state index is 0.906. The summed E-state index contributed by atoms with van der Waals surface area (Å²) in [7, 11) is 0.906. The molecular formula is C9H9P. The zero-order chi connectivity index (χ0) is 6.81. The van der Waals surface area contributed by atoms with Crippen LogP contribution in [-0.2, 0) is 0 Å². The lowest BCUT2D eigenvalue weighted by Crippen LogP contribution is -1.69. The first-order valence-electron chi connectivity index (χ1n) is 3.46. The smallest absolute Gasteiger partial charge is 0.00555 e. The summed E-state index contributed by atoms with van der Waals surface area (Å²) in [6.07, 6.45) is 7.70. The average Bonchev–Trinajstić information content (AvgIpc) is 2.59. The molecule has 1 heterocycles. The molecule has 1 heteroatoms. The number of allylic oxidation sites excluding steroid dienone is 4. The summed E-state index contributed by atoms with van der Waals surface area (Å²) in [5.41, 5.74) is 1.50. The van der Waals surface area contributed by atoms with Gasteiger partial charge in [-0.1, -0.05) is 30.4 Å². The Bertz CT molecular complexity index is 265. The molecule has 1 aliphatic rings. The van der Waals surface area contributed by atoms with E-state index in [0.717, 1.165) is 14.6 Å². The van der Waals surface area contributed by atoms with Crippen molar-refractivity contribution in [3.63, 3.8) is 0 Å². The van der Waals surface area contributed by atoms with Gasteiger partial charge in [-0.25, -0.2) is 0 Å². The molecule has 0 radical (unpaired) electrons. The maximum Gasteiger partial charge on any atom is -0.00555 e. The van der Waals surface area contributed by atoms with Crippen molar-refractivity contribution in [3.05, 3.63) is 41.5 Å². The molecule has 0 aromatic carbocycles. The standard InChI is InChI=1S/C9H9P/c1-2-5-8(4-1)9-6-3-7-10-9/h1-4,6-7,10H,5H2. The topological polar surface area (TPSA) is 0 Å². The molecule has 1 aromatic rings. The van der Waals surface area contributed by atoms with Gasteiger partial charge in [0.05, 0.1) is 0 Å². The Morgan fingerprint density at radius 1 is 1.40 bits per heavy atom. The Morgan fingerprint density at radius 3 is 3.00 bits per heavy atom. The number of rotatable bonds is 1. The molecule has 50 valence electrons. The highest BCUT2D eigenvalue weighted by molar-refractivity contribution is 7.31. The second-order valence-electron chi connectivity index (χ2n) is 2.41. The molecule has 0 saturated heterocycles. The van der Waals surface area contributed by atoms with Gasteiger partial charge in [-0.15, -0.1) is 8.19 Å². The van der Waals surface area contributed by atoms with Crippen LogP contribution in [0.2, 0.25) is 0 Å². The minimum Gasteiger partial charge on any atom is -0.132 e. The Kier molecular flexibility index (Phi) is 1.49. The molecule has 2 rings (SSSR count). The molecule has 10 heavy (non-hydrogen) atoms. The highest BCUT2D eigenvalue weighted by Gasteiger charge is 2.00. The molecule has 1 aliphatic carbocycles. The van der Waals surface area contributed by atoms with Gasteiger partial charge in [0.15, 0.2) is 0 Å². The lowest BCUT2D eigenvalue weighted by atomic mass is 10.2. The number of hydrogen-bond donors (Lipinski definition) is 0. The first-order chi connectivity index (χ1) is 4.97. The molecule has 0 spiro atoms. The predicted molar refractivity (Wildman–Crippen MR) is 47.7 cm³/mol. The molecule has 1 atom stereocenters. The molecule has 0 aliphatic heterocycles. The Balaban J connectivity index is 2.30. The fourth-order valence-electron chi connectivity index (χ4n) is 1.18. The minimum absolute atomic E-state index is 0.906. The van der Waals surface area contributed by atoms with Gasteiger partial charge in [0.25, 0.3) is 0 Å². The van der Waals surface area contributed by atoms with Gasteiger partial charge in [0, 0.05) is 0 Å². The molecule has 0 fully saturated rings. The van der Waals surface area contributed by atoms with Crippen LogP contribution in [0.5, 0.6) is 0 Å². The van der Waals surface area contributed by atoms with Crippen molar-refractivity contribution in [1.29, 1.82) is 0 Å². The molecule has 0 amide bonds. The monoisotopic (exact) mass is 148 g/mol. The lowest BCUT2D eigenvalue weighted by Gasteiger charge is -1.94. The quantitative estimate of drug-likeness (QED) is 0.574. The first kappa shape index (κ1) is 6.00. The lowest BCUT2D eigenvalue weighted by molar-refractivity contribution is 1.47. The summed E-state index contributed by atoms with van der Waals surface area (Å²) < 4.78 is 0. The molecule has 0 N–H and O–H groups in total. The maximum atomic E-state index is 2.23. The van der Waals surface area contributed by atoms with Gasteiger partial charge in [-0.3, -0.25) is 0 Å². The van der Waals surface area contributed by atoms with Crippen LogP contribution in [0.3, 0.4) is 0 Å². The van der Waals surface area contributed by atoms with Gasteiger partial charge < -0.3 is 0 Å². The summed E-state index contributed by atoms with van der Waals surface area (Å²) in [5.74, 6) is 2.23. The van der Waals surface area contributed by atoms with Crippen molar-refractivity contribution in [2.45, 2.75) is 6.42 Å². The van der Waals surface area contributed by atoms with E-state index in [2.05, 4.69) is 36.2 Å². The number of hydrogen-bond acceptors (Lipinski definition) is 0. The van der Waals surface area contributed by atoms with Crippen LogP contribution >= 0.6 is 8.19 Å². The van der Waals surface area contributed by atoms with Crippen LogP contribution in [0.25, 0.3) is 5.57 Å². The molecule has 1 aromatic heterocycles. The summed E-state index contributed by atoms with van der Waals surface area (Å²) in [5, 5.41) is 1.52. The van der Waals surface area contributed by atoms with Crippen LogP contribution < -0.4 is 0 Å². The third kappa shape index (κ3) is 0.955. The van der Waals surface area contributed by atoms with E-state index in [1.165, 1.54) is 10.9 Å². The van der Waals surface area contributed by atoms with E-state index in [0.29, 0.717) is 0 Å². The van der Waals surface area contributed by atoms with Crippen LogP contribution in [0.1, 0.15) is 11.7 Å². The van der Waals surface area contributed by atoms with Gasteiger partial charge in [-0.2, -0.15) is 0 Å². The second kappa shape index (κ2) is 2.48. The fourth-order valence-corrected chi connectivity index (χ4v) is 2.11. The zero-order valence-corrected chi connectivity index (χ0v) is 6.67. The molecule has 1 unspecified atom stereocenters. The van der Waals surface area contributed by atoms with E-state index in [4.69, 9.17) is 0 Å². The van der Waals surface area contributed by atoms with E-state index < -0.39 is 0 Å². The van der Waals surface area contributed by atoms with Gasteiger partial charge in [0.1, 0.15) is 0 Å². The molecule has 0 bridgehead atoms. The van der Waals surface area contributed by atoms with Crippen LogP contribution in [-0.4, -0.2) is 0 Å². The normalized spacial score (nSPS) is 16.6. The molecule has 0 nitrogen and oxygen atoms in total. The average molecular weight is 148 g/mol. The highest BCUT2D eigenvalue weighted by atomic mass is 31.0. The van der Waals surface area contributed by atoms with Crippen molar-refractivity contribution in [1.82, 2.24) is 0 Å². The van der Waals surface area contributed by atoms with Gasteiger partial charge in [0.2, 0.25) is 0 Å². The zero-order valence-electron chi connectivity index (χ0n) is 5.67. The van der Waals surface area contributed by atoms with Crippen molar-refractivity contribution in [3.8, 4) is 0 Å². The van der Waals surface area contributed by atoms with Crippen molar-refractivity contribution >= 4 is 13.8 Å². The predicted octanol–water partition coefficient (Wildman–Crippen LogP) is 3.06. The van der Waals surface area contributed by atoms with Crippen molar-refractivity contribution < 1.29 is 0 Å². The largest absolute Gasteiger partial charge is 0.132 e. The molecule has 0 saturated carbocycles. The van der Waals surface area contributed by atoms with Crippen LogP contribution in [0, 0.1) is 0 Å². The van der Waals surface area contributed by atoms with Crippen LogP contribution in [0.15, 0.2) is 36.2 Å². The van der Waals surface area contributed by atoms with E-state index in [1.807, 2.05) is 0 Å². The van der Waals surface area contributed by atoms with E-state index >= 15 is 0 Å². The van der Waals surface area contributed by atoms with Crippen LogP contribution in [0.4, 0.5) is 0 Å². The van der Waals surface area contributed by atoms with E-state index in [-0.39, 0.29) is 0 Å². The van der Waals surface area contributed by atoms with Crippen molar-refractivity contribution in [2.75, 3.05) is 0 Å². The fraction of sp³-hybridized carbons (Fsp3) is 0.111. The first-order valence-corrected chi connectivity index (χ1v) is 4.54. The Morgan fingerprint density at radius 2 is 2.40 bits per heavy atom. The summed E-state index contributed by atoms with van der Waals surface area (Å²) >= 11 is 0.